The Balaban J connectivity index is 1.75. The van der Waals surface area contributed by atoms with E-state index in [1.807, 2.05) is 6.07 Å². The van der Waals surface area contributed by atoms with Gasteiger partial charge in [-0.1, -0.05) is 0 Å². The minimum Gasteiger partial charge on any atom is -0.494 e. The van der Waals surface area contributed by atoms with Crippen molar-refractivity contribution >= 4 is 17.2 Å². The van der Waals surface area contributed by atoms with Gasteiger partial charge >= 0.3 is 0 Å². The normalized spacial score (nSPS) is 11.3. The highest BCUT2D eigenvalue weighted by Gasteiger charge is 2.22. The van der Waals surface area contributed by atoms with Gasteiger partial charge in [-0.2, -0.15) is 15.5 Å². The summed E-state index contributed by atoms with van der Waals surface area (Å²) in [6, 6.07) is 6.95. The van der Waals surface area contributed by atoms with Crippen molar-refractivity contribution in [1.82, 2.24) is 29.4 Å². The largest absolute Gasteiger partial charge is 0.494 e. The summed E-state index contributed by atoms with van der Waals surface area (Å²) in [5, 5.41) is 31.0. The van der Waals surface area contributed by atoms with Gasteiger partial charge in [-0.3, -0.25) is 9.48 Å². The number of nitriles is 1. The number of nitrogens with zero attached hydrogens (tertiary/aromatic N) is 7. The van der Waals surface area contributed by atoms with E-state index in [1.54, 1.807) is 50.6 Å². The number of pyridine rings is 1. The molecule has 4 aromatic rings. The van der Waals surface area contributed by atoms with E-state index in [2.05, 4.69) is 25.5 Å². The molecule has 4 rings (SSSR count). The number of hydrogen-bond acceptors (Lipinski definition) is 8. The second-order valence-corrected chi connectivity index (χ2v) is 7.66. The molecule has 2 N–H and O–H groups in total. The fourth-order valence-electron chi connectivity index (χ4n) is 3.18. The van der Waals surface area contributed by atoms with E-state index in [1.165, 1.54) is 22.5 Å². The molecule has 4 aromatic heterocycles. The molecule has 162 valence electrons. The summed E-state index contributed by atoms with van der Waals surface area (Å²) in [4.78, 5) is 21.5. The Bertz CT molecular complexity index is 1340. The van der Waals surface area contributed by atoms with Gasteiger partial charge in [0.15, 0.2) is 17.1 Å². The van der Waals surface area contributed by atoms with Crippen LogP contribution in [-0.2, 0) is 6.54 Å². The summed E-state index contributed by atoms with van der Waals surface area (Å²) in [6.45, 7) is 3.47. The smallest absolute Gasteiger partial charge is 0.261 e. The van der Waals surface area contributed by atoms with Crippen LogP contribution in [0.25, 0.3) is 17.0 Å². The summed E-state index contributed by atoms with van der Waals surface area (Å²) in [7, 11) is 1.45. The third kappa shape index (κ3) is 4.12. The van der Waals surface area contributed by atoms with Crippen LogP contribution < -0.4 is 10.1 Å². The number of nitrogens with one attached hydrogen (secondary N) is 1. The number of aliphatic hydroxyl groups is 1. The molecule has 0 aromatic carbocycles. The quantitative estimate of drug-likeness (QED) is 0.470. The number of carbonyl (C=O) groups is 1. The van der Waals surface area contributed by atoms with E-state index < -0.39 is 11.5 Å². The SMILES string of the molecule is COc1ccc(-c2nn(CC(C)(C)O)cc2NC(=O)c2cnn3cccnc23)nc1C#N. The lowest BCUT2D eigenvalue weighted by molar-refractivity contribution is 0.0578. The van der Waals surface area contributed by atoms with Crippen LogP contribution >= 0.6 is 0 Å². The number of rotatable bonds is 6. The first-order valence-electron chi connectivity index (χ1n) is 9.64. The lowest BCUT2D eigenvalue weighted by Crippen LogP contribution is -2.26. The zero-order valence-corrected chi connectivity index (χ0v) is 17.6. The van der Waals surface area contributed by atoms with Gasteiger partial charge in [0.2, 0.25) is 0 Å². The molecule has 0 saturated carbocycles. The van der Waals surface area contributed by atoms with Crippen LogP contribution in [0.4, 0.5) is 5.69 Å². The summed E-state index contributed by atoms with van der Waals surface area (Å²) in [5.74, 6) is -0.105. The molecule has 0 radical (unpaired) electrons. The van der Waals surface area contributed by atoms with E-state index in [4.69, 9.17) is 4.74 Å². The van der Waals surface area contributed by atoms with Gasteiger partial charge in [0.05, 0.1) is 36.8 Å². The van der Waals surface area contributed by atoms with Gasteiger partial charge in [0.1, 0.15) is 17.3 Å². The fourth-order valence-corrected chi connectivity index (χ4v) is 3.18. The third-order valence-electron chi connectivity index (χ3n) is 4.51. The first kappa shape index (κ1) is 21.0. The lowest BCUT2D eigenvalue weighted by atomic mass is 10.1. The molecule has 0 saturated heterocycles. The number of carbonyl (C=O) groups excluding carboxylic acids is 1. The van der Waals surface area contributed by atoms with Crippen molar-refractivity contribution in [1.29, 1.82) is 5.26 Å². The number of ether oxygens (including phenoxy) is 1. The fraction of sp³-hybridized carbons (Fsp3) is 0.238. The van der Waals surface area contributed by atoms with E-state index in [0.29, 0.717) is 28.5 Å². The van der Waals surface area contributed by atoms with Crippen molar-refractivity contribution in [3.8, 4) is 23.2 Å². The number of amides is 1. The molecule has 0 aliphatic carbocycles. The molecule has 0 aliphatic rings. The Hall–Kier alpha value is -4.30. The minimum atomic E-state index is -1.04. The topological polar surface area (TPSA) is 143 Å². The van der Waals surface area contributed by atoms with Gasteiger partial charge in [0, 0.05) is 18.6 Å². The Kier molecular flexibility index (Phi) is 5.29. The molecule has 11 nitrogen and oxygen atoms in total. The summed E-state index contributed by atoms with van der Waals surface area (Å²) >= 11 is 0. The van der Waals surface area contributed by atoms with Crippen molar-refractivity contribution in [3.63, 3.8) is 0 Å². The van der Waals surface area contributed by atoms with Gasteiger partial charge in [0.25, 0.3) is 5.91 Å². The highest BCUT2D eigenvalue weighted by molar-refractivity contribution is 6.09. The van der Waals surface area contributed by atoms with Crippen molar-refractivity contribution in [2.24, 2.45) is 0 Å². The van der Waals surface area contributed by atoms with Crippen LogP contribution in [0.1, 0.15) is 29.9 Å². The van der Waals surface area contributed by atoms with Crippen LogP contribution in [0.15, 0.2) is 43.0 Å². The molecule has 11 heteroatoms. The first-order valence-corrected chi connectivity index (χ1v) is 9.64. The van der Waals surface area contributed by atoms with Crippen LogP contribution in [0, 0.1) is 11.3 Å². The molecule has 0 fully saturated rings. The predicted octanol–water partition coefficient (Wildman–Crippen LogP) is 1.89. The zero-order chi connectivity index (χ0) is 22.9. The number of methoxy groups -OCH3 is 1. The number of anilines is 1. The van der Waals surface area contributed by atoms with Gasteiger partial charge in [-0.25, -0.2) is 14.5 Å². The van der Waals surface area contributed by atoms with E-state index >= 15 is 0 Å². The maximum Gasteiger partial charge on any atom is 0.261 e. The Labute approximate surface area is 182 Å². The van der Waals surface area contributed by atoms with Gasteiger partial charge in [-0.15, -0.1) is 0 Å². The van der Waals surface area contributed by atoms with Crippen molar-refractivity contribution in [2.45, 2.75) is 26.0 Å². The maximum absolute atomic E-state index is 13.0. The average molecular weight is 432 g/mol. The van der Waals surface area contributed by atoms with Gasteiger partial charge < -0.3 is 15.2 Å². The van der Waals surface area contributed by atoms with Crippen molar-refractivity contribution < 1.29 is 14.6 Å². The zero-order valence-electron chi connectivity index (χ0n) is 17.6. The molecule has 4 heterocycles. The predicted molar refractivity (Wildman–Crippen MR) is 114 cm³/mol. The molecular formula is C21H20N8O3. The molecule has 1 amide bonds. The van der Waals surface area contributed by atoms with Crippen molar-refractivity contribution in [3.05, 3.63) is 54.2 Å². The van der Waals surface area contributed by atoms with E-state index in [0.717, 1.165) is 0 Å². The number of hydrogen-bond donors (Lipinski definition) is 2. The Morgan fingerprint density at radius 2 is 2.19 bits per heavy atom. The molecule has 0 aliphatic heterocycles. The van der Waals surface area contributed by atoms with Crippen LogP contribution in [0.2, 0.25) is 0 Å². The van der Waals surface area contributed by atoms with Crippen LogP contribution in [0.5, 0.6) is 5.75 Å². The highest BCUT2D eigenvalue weighted by Crippen LogP contribution is 2.29. The second-order valence-electron chi connectivity index (χ2n) is 7.66. The van der Waals surface area contributed by atoms with Crippen LogP contribution in [0.3, 0.4) is 0 Å². The molecule has 0 spiro atoms. The number of fused-ring (bicyclic) bond motifs is 1. The van der Waals surface area contributed by atoms with Crippen molar-refractivity contribution in [2.75, 3.05) is 12.4 Å². The molecular weight excluding hydrogens is 412 g/mol. The maximum atomic E-state index is 13.0. The Morgan fingerprint density at radius 1 is 1.38 bits per heavy atom. The average Bonchev–Trinajstić information content (AvgIpc) is 3.36. The first-order chi connectivity index (χ1) is 15.3. The summed E-state index contributed by atoms with van der Waals surface area (Å²) < 4.78 is 8.16. The van der Waals surface area contributed by atoms with Gasteiger partial charge in [-0.05, 0) is 32.0 Å². The van der Waals surface area contributed by atoms with Crippen LogP contribution in [-0.4, -0.2) is 53.1 Å². The third-order valence-corrected chi connectivity index (χ3v) is 4.51. The van der Waals surface area contributed by atoms with E-state index in [9.17, 15) is 15.2 Å². The molecule has 32 heavy (non-hydrogen) atoms. The monoisotopic (exact) mass is 432 g/mol. The molecule has 0 unspecified atom stereocenters. The molecule has 0 atom stereocenters. The molecule has 0 bridgehead atoms. The highest BCUT2D eigenvalue weighted by atomic mass is 16.5. The lowest BCUT2D eigenvalue weighted by Gasteiger charge is -2.16. The number of aromatic nitrogens is 6. The van der Waals surface area contributed by atoms with E-state index in [-0.39, 0.29) is 17.8 Å². The standard InChI is InChI=1S/C21H20N8O3/c1-21(2,31)12-28-11-16(18(27-28)14-5-6-17(32-3)15(9-22)25-14)26-20(30)13-10-24-29-8-4-7-23-19(13)29/h4-8,10-11,31H,12H2,1-3H3,(H,26,30). The Morgan fingerprint density at radius 3 is 2.91 bits per heavy atom. The summed E-state index contributed by atoms with van der Waals surface area (Å²) in [6.07, 6.45) is 6.29. The second kappa shape index (κ2) is 8.09. The minimum absolute atomic E-state index is 0.0890. The summed E-state index contributed by atoms with van der Waals surface area (Å²) in [5.41, 5.74) is 0.803.